The number of halogens is 2. The number of carbonyl (C=O) groups is 2. The summed E-state index contributed by atoms with van der Waals surface area (Å²) in [5.41, 5.74) is 1.89. The molecule has 0 aliphatic heterocycles. The molecule has 0 atom stereocenters. The molecule has 2 aromatic rings. The lowest BCUT2D eigenvalue weighted by molar-refractivity contribution is -0.116. The third kappa shape index (κ3) is 4.49. The first-order valence-corrected chi connectivity index (χ1v) is 8.17. The average Bonchev–Trinajstić information content (AvgIpc) is 2.54. The topological polar surface area (TPSA) is 46.6 Å². The van der Waals surface area contributed by atoms with E-state index in [2.05, 4.69) is 0 Å². The minimum Gasteiger partial charge on any atom is -0.462 e. The van der Waals surface area contributed by atoms with Crippen molar-refractivity contribution in [3.8, 4) is 0 Å². The van der Waals surface area contributed by atoms with E-state index in [0.29, 0.717) is 34.4 Å². The Hall–Kier alpha value is -2.04. The van der Waals surface area contributed by atoms with Gasteiger partial charge in [-0.2, -0.15) is 0 Å². The maximum atomic E-state index is 12.0. The van der Waals surface area contributed by atoms with E-state index in [1.807, 2.05) is 0 Å². The quantitative estimate of drug-likeness (QED) is 0.719. The number of anilines is 1. The molecule has 0 spiro atoms. The van der Waals surface area contributed by atoms with Crippen molar-refractivity contribution in [3.05, 3.63) is 63.6 Å². The number of nitrogens with zero attached hydrogens (tertiary/aromatic N) is 1. The van der Waals surface area contributed by atoms with Crippen molar-refractivity contribution in [2.75, 3.05) is 11.5 Å². The highest BCUT2D eigenvalue weighted by molar-refractivity contribution is 6.35. The van der Waals surface area contributed by atoms with Crippen molar-refractivity contribution in [1.82, 2.24) is 0 Å². The number of benzene rings is 2. The molecule has 4 nitrogen and oxygen atoms in total. The van der Waals surface area contributed by atoms with Crippen LogP contribution in [0.4, 0.5) is 5.69 Å². The highest BCUT2D eigenvalue weighted by Gasteiger charge is 2.15. The van der Waals surface area contributed by atoms with Gasteiger partial charge >= 0.3 is 5.97 Å². The first-order valence-electron chi connectivity index (χ1n) is 7.41. The number of ether oxygens (including phenoxy) is 1. The lowest BCUT2D eigenvalue weighted by atomic mass is 10.1. The lowest BCUT2D eigenvalue weighted by Crippen LogP contribution is -2.28. The van der Waals surface area contributed by atoms with Crippen LogP contribution in [0.5, 0.6) is 0 Å². The van der Waals surface area contributed by atoms with Crippen molar-refractivity contribution < 1.29 is 14.3 Å². The molecule has 2 rings (SSSR count). The minimum atomic E-state index is -0.390. The number of amides is 1. The summed E-state index contributed by atoms with van der Waals surface area (Å²) in [6, 6.07) is 11.8. The van der Waals surface area contributed by atoms with E-state index < -0.39 is 0 Å². The molecule has 0 saturated heterocycles. The Kier molecular flexibility index (Phi) is 6.23. The summed E-state index contributed by atoms with van der Waals surface area (Å²) in [6.45, 7) is 3.85. The largest absolute Gasteiger partial charge is 0.462 e. The number of esters is 1. The smallest absolute Gasteiger partial charge is 0.338 e. The molecule has 0 aromatic heterocycles. The molecule has 0 saturated carbocycles. The Bertz CT molecular complexity index is 744. The molecule has 24 heavy (non-hydrogen) atoms. The van der Waals surface area contributed by atoms with Crippen LogP contribution in [-0.4, -0.2) is 18.5 Å². The monoisotopic (exact) mass is 365 g/mol. The van der Waals surface area contributed by atoms with Crippen molar-refractivity contribution in [2.24, 2.45) is 0 Å². The van der Waals surface area contributed by atoms with E-state index in [0.717, 1.165) is 5.56 Å². The molecule has 0 radical (unpaired) electrons. The van der Waals surface area contributed by atoms with E-state index in [-0.39, 0.29) is 11.9 Å². The van der Waals surface area contributed by atoms with E-state index >= 15 is 0 Å². The molecule has 0 bridgehead atoms. The number of carbonyl (C=O) groups excluding carboxylic acids is 2. The van der Waals surface area contributed by atoms with Crippen LogP contribution in [0.1, 0.15) is 29.8 Å². The SMILES string of the molecule is CCOC(=O)c1ccc(N(Cc2ccc(Cl)cc2Cl)C(C)=O)cc1. The molecular formula is C18H17Cl2NO3. The standard InChI is InChI=1S/C18H17Cl2NO3/c1-3-24-18(23)13-5-8-16(9-6-13)21(12(2)22)11-14-4-7-15(19)10-17(14)20/h4-10H,3,11H2,1-2H3. The second-order valence-corrected chi connectivity index (χ2v) is 5.95. The fourth-order valence-electron chi connectivity index (χ4n) is 2.20. The number of rotatable bonds is 5. The predicted octanol–water partition coefficient (Wildman–Crippen LogP) is 4.72. The van der Waals surface area contributed by atoms with Gasteiger partial charge in [-0.25, -0.2) is 4.79 Å². The predicted molar refractivity (Wildman–Crippen MR) is 95.7 cm³/mol. The zero-order valence-corrected chi connectivity index (χ0v) is 14.9. The Labute approximate surface area is 150 Å². The van der Waals surface area contributed by atoms with Crippen LogP contribution in [0.3, 0.4) is 0 Å². The highest BCUT2D eigenvalue weighted by Crippen LogP contribution is 2.25. The van der Waals surface area contributed by atoms with Gasteiger partial charge in [-0.3, -0.25) is 4.79 Å². The molecule has 1 amide bonds. The van der Waals surface area contributed by atoms with Gasteiger partial charge in [-0.05, 0) is 48.9 Å². The highest BCUT2D eigenvalue weighted by atomic mass is 35.5. The fourth-order valence-corrected chi connectivity index (χ4v) is 2.66. The van der Waals surface area contributed by atoms with Crippen molar-refractivity contribution in [2.45, 2.75) is 20.4 Å². The number of hydrogen-bond acceptors (Lipinski definition) is 3. The molecule has 6 heteroatoms. The van der Waals surface area contributed by atoms with Gasteiger partial charge in [0, 0.05) is 22.7 Å². The Morgan fingerprint density at radius 2 is 1.75 bits per heavy atom. The van der Waals surface area contributed by atoms with Gasteiger partial charge in [-0.15, -0.1) is 0 Å². The van der Waals surface area contributed by atoms with Gasteiger partial charge in [0.1, 0.15) is 0 Å². The van der Waals surface area contributed by atoms with Crippen molar-refractivity contribution >= 4 is 40.8 Å². The molecule has 0 N–H and O–H groups in total. The zero-order valence-electron chi connectivity index (χ0n) is 13.4. The summed E-state index contributed by atoms with van der Waals surface area (Å²) < 4.78 is 4.95. The van der Waals surface area contributed by atoms with Crippen molar-refractivity contribution in [1.29, 1.82) is 0 Å². The lowest BCUT2D eigenvalue weighted by Gasteiger charge is -2.22. The second-order valence-electron chi connectivity index (χ2n) is 5.11. The van der Waals surface area contributed by atoms with Gasteiger partial charge in [0.2, 0.25) is 5.91 Å². The minimum absolute atomic E-state index is 0.134. The summed E-state index contributed by atoms with van der Waals surface area (Å²) in [7, 11) is 0. The normalized spacial score (nSPS) is 10.3. The van der Waals surface area contributed by atoms with Gasteiger partial charge in [-0.1, -0.05) is 29.3 Å². The van der Waals surface area contributed by atoms with Crippen LogP contribution in [0.15, 0.2) is 42.5 Å². The van der Waals surface area contributed by atoms with Crippen LogP contribution in [-0.2, 0) is 16.1 Å². The number of hydrogen-bond donors (Lipinski definition) is 0. The first-order chi connectivity index (χ1) is 11.4. The zero-order chi connectivity index (χ0) is 17.7. The maximum absolute atomic E-state index is 12.0. The fraction of sp³-hybridized carbons (Fsp3) is 0.222. The summed E-state index contributed by atoms with van der Waals surface area (Å²) in [6.07, 6.45) is 0. The van der Waals surface area contributed by atoms with E-state index in [4.69, 9.17) is 27.9 Å². The first kappa shape index (κ1) is 18.3. The van der Waals surface area contributed by atoms with E-state index in [1.165, 1.54) is 6.92 Å². The summed E-state index contributed by atoms with van der Waals surface area (Å²) in [5.74, 6) is -0.524. The Morgan fingerprint density at radius 3 is 2.29 bits per heavy atom. The van der Waals surface area contributed by atoms with Gasteiger partial charge < -0.3 is 9.64 Å². The van der Waals surface area contributed by atoms with E-state index in [9.17, 15) is 9.59 Å². The summed E-state index contributed by atoms with van der Waals surface area (Å²) in [4.78, 5) is 25.3. The summed E-state index contributed by atoms with van der Waals surface area (Å²) in [5, 5.41) is 1.04. The van der Waals surface area contributed by atoms with Crippen LogP contribution in [0.25, 0.3) is 0 Å². The second kappa shape index (κ2) is 8.18. The molecule has 0 fully saturated rings. The van der Waals surface area contributed by atoms with E-state index in [1.54, 1.807) is 54.3 Å². The molecule has 2 aromatic carbocycles. The van der Waals surface area contributed by atoms with Crippen LogP contribution in [0, 0.1) is 0 Å². The Morgan fingerprint density at radius 1 is 1.08 bits per heavy atom. The van der Waals surface area contributed by atoms with Crippen LogP contribution < -0.4 is 4.90 Å². The van der Waals surface area contributed by atoms with Crippen molar-refractivity contribution in [3.63, 3.8) is 0 Å². The van der Waals surface area contributed by atoms with Gasteiger partial charge in [0.25, 0.3) is 0 Å². The van der Waals surface area contributed by atoms with Crippen LogP contribution in [0.2, 0.25) is 10.0 Å². The van der Waals surface area contributed by atoms with Gasteiger partial charge in [0.05, 0.1) is 18.7 Å². The molecule has 0 heterocycles. The summed E-state index contributed by atoms with van der Waals surface area (Å²) >= 11 is 12.1. The molecule has 0 aliphatic rings. The molecular weight excluding hydrogens is 349 g/mol. The van der Waals surface area contributed by atoms with Gasteiger partial charge in [0.15, 0.2) is 0 Å². The third-order valence-electron chi connectivity index (χ3n) is 3.41. The average molecular weight is 366 g/mol. The molecule has 0 unspecified atom stereocenters. The molecule has 126 valence electrons. The van der Waals surface area contributed by atoms with Crippen LogP contribution >= 0.6 is 23.2 Å². The maximum Gasteiger partial charge on any atom is 0.338 e. The third-order valence-corrected chi connectivity index (χ3v) is 4.00. The molecule has 0 aliphatic carbocycles. The Balaban J connectivity index is 2.24.